The largest absolute Gasteiger partial charge is 0.461 e. The number of anilines is 2. The fourth-order valence-corrected chi connectivity index (χ4v) is 16.4. The summed E-state index contributed by atoms with van der Waals surface area (Å²) in [5, 5.41) is 3.43. The highest BCUT2D eigenvalue weighted by Crippen LogP contribution is 2.52. The van der Waals surface area contributed by atoms with E-state index in [0.29, 0.717) is 144 Å². The molecule has 6 aliphatic rings. The molecule has 0 radical (unpaired) electrons. The van der Waals surface area contributed by atoms with Gasteiger partial charge in [-0.2, -0.15) is 19.9 Å². The van der Waals surface area contributed by atoms with Gasteiger partial charge in [-0.25, -0.2) is 22.0 Å². The number of halogens is 6. The van der Waals surface area contributed by atoms with Crippen LogP contribution in [0.4, 0.5) is 33.6 Å². The van der Waals surface area contributed by atoms with Crippen LogP contribution < -0.4 is 19.3 Å². The zero-order valence-corrected chi connectivity index (χ0v) is 55.3. The van der Waals surface area contributed by atoms with Crippen molar-refractivity contribution < 1.29 is 45.8 Å². The van der Waals surface area contributed by atoms with Crippen molar-refractivity contribution in [2.24, 2.45) is 0 Å². The predicted molar refractivity (Wildman–Crippen MR) is 361 cm³/mol. The number of fused-ring (bicyclic) bond motifs is 6. The molecule has 4 aromatic carbocycles. The number of ether oxygens (including phenoxy) is 3. The molecular formula is C72H77ClF5N13O5. The maximum atomic E-state index is 17.9. The second kappa shape index (κ2) is 26.3. The number of amides is 2. The van der Waals surface area contributed by atoms with Gasteiger partial charge in [-0.3, -0.25) is 29.4 Å². The molecule has 2 amide bonds. The van der Waals surface area contributed by atoms with Gasteiger partial charge in [-0.05, 0) is 111 Å². The zero-order chi connectivity index (χ0) is 66.9. The highest BCUT2D eigenvalue weighted by molar-refractivity contribution is 6.36. The molecule has 4 aromatic heterocycles. The van der Waals surface area contributed by atoms with E-state index in [-0.39, 0.29) is 90.6 Å². The van der Waals surface area contributed by atoms with E-state index in [9.17, 15) is 9.59 Å². The number of nitrogens with zero attached hydrogens (tertiary/aromatic N) is 13. The van der Waals surface area contributed by atoms with Gasteiger partial charge in [0.1, 0.15) is 65.4 Å². The third-order valence-corrected chi connectivity index (χ3v) is 21.5. The molecule has 24 heteroatoms. The smallest absolute Gasteiger partial charge is 0.319 e. The Kier molecular flexibility index (Phi) is 17.8. The Morgan fingerprint density at radius 1 is 0.719 bits per heavy atom. The lowest BCUT2D eigenvalue weighted by atomic mass is 9.94. The van der Waals surface area contributed by atoms with Crippen molar-refractivity contribution in [2.75, 3.05) is 117 Å². The Morgan fingerprint density at radius 2 is 1.32 bits per heavy atom. The van der Waals surface area contributed by atoms with Gasteiger partial charge in [-0.15, -0.1) is 0 Å². The Morgan fingerprint density at radius 3 is 1.97 bits per heavy atom. The van der Waals surface area contributed by atoms with Gasteiger partial charge in [0, 0.05) is 145 Å². The van der Waals surface area contributed by atoms with Crippen molar-refractivity contribution in [3.05, 3.63) is 131 Å². The average Bonchev–Trinajstić information content (AvgIpc) is 0.974. The first-order valence-corrected chi connectivity index (χ1v) is 33.4. The first-order chi connectivity index (χ1) is 46.3. The number of hydrogen-bond acceptors (Lipinski definition) is 16. The number of benzene rings is 4. The maximum Gasteiger partial charge on any atom is 0.319 e. The van der Waals surface area contributed by atoms with Gasteiger partial charge in [0.05, 0.1) is 28.5 Å². The number of likely N-dealkylation sites (N-methyl/N-ethyl adjacent to an activating group) is 3. The lowest BCUT2D eigenvalue weighted by Crippen LogP contribution is -2.44. The summed E-state index contributed by atoms with van der Waals surface area (Å²) in [5.41, 5.74) is 0.461. The second-order valence-electron chi connectivity index (χ2n) is 26.9. The minimum absolute atomic E-state index is 0.00329. The van der Waals surface area contributed by atoms with E-state index in [1.165, 1.54) is 18.3 Å². The van der Waals surface area contributed by atoms with Crippen LogP contribution >= 0.6 is 11.6 Å². The molecule has 1 unspecified atom stereocenters. The molecule has 0 N–H and O–H groups in total. The lowest BCUT2D eigenvalue weighted by Gasteiger charge is -2.34. The number of alkyl halides is 2. The number of methoxy groups -OCH3 is 1. The first-order valence-electron chi connectivity index (χ1n) is 33.0. The number of pyridine rings is 2. The summed E-state index contributed by atoms with van der Waals surface area (Å²) in [5.74, 6) is -1.53. The molecule has 0 aliphatic carbocycles. The van der Waals surface area contributed by atoms with Crippen molar-refractivity contribution in [1.82, 2.24) is 54.4 Å². The number of hydrogen-bond donors (Lipinski definition) is 0. The molecule has 8 aromatic rings. The van der Waals surface area contributed by atoms with Crippen LogP contribution in [-0.4, -0.2) is 209 Å². The number of likely N-dealkylation sites (tertiary alicyclic amines) is 2. The quantitative estimate of drug-likeness (QED) is 0.0523. The van der Waals surface area contributed by atoms with Gasteiger partial charge >= 0.3 is 12.0 Å². The zero-order valence-electron chi connectivity index (χ0n) is 54.5. The summed E-state index contributed by atoms with van der Waals surface area (Å²) in [6.07, 6.45) is 10.1. The van der Waals surface area contributed by atoms with E-state index in [2.05, 4.69) is 26.3 Å². The number of aromatic nitrogens is 6. The molecule has 14 rings (SSSR count). The maximum absolute atomic E-state index is 17.9. The summed E-state index contributed by atoms with van der Waals surface area (Å²) in [7, 11) is 7.30. The van der Waals surface area contributed by atoms with E-state index >= 15 is 22.0 Å². The molecule has 96 heavy (non-hydrogen) atoms. The van der Waals surface area contributed by atoms with Gasteiger partial charge in [-0.1, -0.05) is 66.7 Å². The Bertz CT molecular complexity index is 4420. The van der Waals surface area contributed by atoms with E-state index in [4.69, 9.17) is 50.7 Å². The SMILES string of the molecule is C=CC(=O)N1CC[C@@H](N(C)c2nc(OC[C@@]34CCC(c5cc(Cl)c6c(-c7ncc8c(N(C)[C@@H]9CCN(C(=O)/C=C/CN(C)CCOC)C9)nc(OC[C@@]9%10CCCN9C[C@H](F)C%10)nc8c7F)cccc6c5)N3C[C@H](F)C4)nc3c(F)c(-c4cccc5ccc(F)c(C)c45)ncc23)C1. The fraction of sp³-hybridized carbons (Fsp3) is 0.444. The van der Waals surface area contributed by atoms with Crippen LogP contribution in [0.15, 0.2) is 97.9 Å². The highest BCUT2D eigenvalue weighted by Gasteiger charge is 2.54. The topological polar surface area (TPSA) is 162 Å². The Hall–Kier alpha value is -8.22. The van der Waals surface area contributed by atoms with E-state index in [1.54, 1.807) is 60.4 Å². The Labute approximate surface area is 558 Å². The van der Waals surface area contributed by atoms with Crippen molar-refractivity contribution in [1.29, 1.82) is 0 Å². The lowest BCUT2D eigenvalue weighted by molar-refractivity contribution is -0.125. The molecule has 18 nitrogen and oxygen atoms in total. The fourth-order valence-electron chi connectivity index (χ4n) is 16.0. The third kappa shape index (κ3) is 11.9. The summed E-state index contributed by atoms with van der Waals surface area (Å²) in [6.45, 7) is 10.2. The number of carbonyl (C=O) groups excluding carboxylic acids is 2. The van der Waals surface area contributed by atoms with Crippen LogP contribution in [-0.2, 0) is 14.3 Å². The van der Waals surface area contributed by atoms with Crippen LogP contribution in [0.3, 0.4) is 0 Å². The molecule has 0 saturated carbocycles. The van der Waals surface area contributed by atoms with Crippen LogP contribution in [0.1, 0.15) is 68.5 Å². The van der Waals surface area contributed by atoms with Crippen LogP contribution in [0.2, 0.25) is 5.02 Å². The van der Waals surface area contributed by atoms with Crippen molar-refractivity contribution in [3.8, 4) is 34.5 Å². The molecule has 10 heterocycles. The summed E-state index contributed by atoms with van der Waals surface area (Å²) < 4.78 is 100. The number of aryl methyl sites for hydroxylation is 1. The van der Waals surface area contributed by atoms with Crippen LogP contribution in [0, 0.1) is 24.4 Å². The van der Waals surface area contributed by atoms with E-state index in [0.717, 1.165) is 31.5 Å². The van der Waals surface area contributed by atoms with Crippen molar-refractivity contribution in [3.63, 3.8) is 0 Å². The molecule has 0 spiro atoms. The summed E-state index contributed by atoms with van der Waals surface area (Å²) in [4.78, 5) is 68.6. The highest BCUT2D eigenvalue weighted by atomic mass is 35.5. The molecule has 7 atom stereocenters. The van der Waals surface area contributed by atoms with Gasteiger partial charge in [0.25, 0.3) is 0 Å². The summed E-state index contributed by atoms with van der Waals surface area (Å²) in [6, 6.07) is 16.7. The van der Waals surface area contributed by atoms with Gasteiger partial charge < -0.3 is 38.7 Å². The van der Waals surface area contributed by atoms with E-state index < -0.39 is 40.9 Å². The number of carbonyl (C=O) groups is 2. The second-order valence-corrected chi connectivity index (χ2v) is 27.3. The molecule has 502 valence electrons. The summed E-state index contributed by atoms with van der Waals surface area (Å²) >= 11 is 7.42. The average molecular weight is 1330 g/mol. The van der Waals surface area contributed by atoms with Crippen molar-refractivity contribution in [2.45, 2.75) is 99.8 Å². The monoisotopic (exact) mass is 1330 g/mol. The molecule has 6 saturated heterocycles. The molecule has 6 fully saturated rings. The predicted octanol–water partition coefficient (Wildman–Crippen LogP) is 11.4. The standard InChI is InChI=1S/C72H77ClF5N13O5/c1-7-57(92)88-26-20-48(38-88)86(4)68-52-34-79-63(50-14-8-12-43-17-18-55(76)42(2)59(43)50)61(77)65(52)82-70(84-68)96-41-72-23-19-56(91(72)37-47(75)33-72)45-30-44-13-9-15-51(60(44)54(73)31-45)64-62(78)66-53(35-80-64)67(83-69(81-66)95-40-71-22-11-25-90(71)36-46(74)32-71)87(5)49-21-27-89(39-49)58(93)16-10-24-85(3)28-29-94-6/h7-10,12-18,30-31,34-35,46-49,56H,1,11,19-29,32-33,36-41H2,2-6H3/b16-10+/t46-,47-,48-,49-,56?,71+,72+/m1/s1. The minimum atomic E-state index is -1.21. The van der Waals surface area contributed by atoms with Gasteiger partial charge in [0.15, 0.2) is 11.6 Å². The molecular weight excluding hydrogens is 1260 g/mol. The molecule has 6 aliphatic heterocycles. The van der Waals surface area contributed by atoms with E-state index in [1.807, 2.05) is 67.4 Å². The van der Waals surface area contributed by atoms with Crippen LogP contribution in [0.5, 0.6) is 12.0 Å². The normalized spacial score (nSPS) is 23.6. The van der Waals surface area contributed by atoms with Crippen molar-refractivity contribution >= 4 is 78.4 Å². The molecule has 0 bridgehead atoms. The van der Waals surface area contributed by atoms with Crippen LogP contribution in [0.25, 0.3) is 65.9 Å². The minimum Gasteiger partial charge on any atom is -0.461 e. The third-order valence-electron chi connectivity index (χ3n) is 21.2. The Balaban J connectivity index is 0.761. The first kappa shape index (κ1) is 65.1. The van der Waals surface area contributed by atoms with Gasteiger partial charge in [0.2, 0.25) is 11.8 Å². The number of rotatable bonds is 20.